The van der Waals surface area contributed by atoms with Crippen LogP contribution in [0.3, 0.4) is 0 Å². The van der Waals surface area contributed by atoms with Crippen LogP contribution < -0.4 is 13.3 Å². The van der Waals surface area contributed by atoms with Crippen molar-refractivity contribution >= 4 is 37.9 Å². The van der Waals surface area contributed by atoms with Crippen molar-refractivity contribution in [2.75, 3.05) is 4.90 Å². The van der Waals surface area contributed by atoms with Gasteiger partial charge in [-0.1, -0.05) is 0 Å². The van der Waals surface area contributed by atoms with Gasteiger partial charge in [0.05, 0.1) is 0 Å². The van der Waals surface area contributed by atoms with Crippen molar-refractivity contribution in [2.45, 2.75) is 3.43 Å². The number of hydrogen-bond acceptors (Lipinski definition) is 3. The Hall–Kier alpha value is -1.59. The Morgan fingerprint density at radius 3 is 2.18 bits per heavy atom. The van der Waals surface area contributed by atoms with E-state index in [2.05, 4.69) is 5.32 Å². The maximum atomic E-state index is 12.8. The van der Waals surface area contributed by atoms with Crippen molar-refractivity contribution in [2.24, 2.45) is 0 Å². The minimum absolute atomic E-state index is 0.166. The average Bonchev–Trinajstić information content (AvgIpc) is 2.53. The summed E-state index contributed by atoms with van der Waals surface area (Å²) < 4.78 is 0.617. The minimum atomic E-state index is -1.93. The molecule has 2 aromatic rings. The summed E-state index contributed by atoms with van der Waals surface area (Å²) in [7, 11) is 0. The van der Waals surface area contributed by atoms with E-state index in [0.717, 1.165) is 3.07 Å². The number of carbonyl (C=O) groups is 2. The number of amides is 2. The molecule has 0 spiro atoms. The maximum absolute atomic E-state index is 12.8. The summed E-state index contributed by atoms with van der Waals surface area (Å²) in [5, 5.41) is 2.85. The normalized spacial score (nSPS) is 17.9. The first kappa shape index (κ1) is 15.3. The summed E-state index contributed by atoms with van der Waals surface area (Å²) in [4.78, 5) is 26.4. The topological polar surface area (TPSA) is 49.4 Å². The zero-order valence-corrected chi connectivity index (χ0v) is 18.0. The van der Waals surface area contributed by atoms with Crippen LogP contribution in [0.1, 0.15) is 0 Å². The van der Waals surface area contributed by atoms with Gasteiger partial charge in [0.2, 0.25) is 0 Å². The molecule has 6 heteroatoms. The van der Waals surface area contributed by atoms with Crippen molar-refractivity contribution in [3.63, 3.8) is 0 Å². The Balaban J connectivity index is 1.89. The third kappa shape index (κ3) is 3.10. The van der Waals surface area contributed by atoms with Gasteiger partial charge in [0.1, 0.15) is 0 Å². The first-order valence-electron chi connectivity index (χ1n) is 6.94. The third-order valence-corrected chi connectivity index (χ3v) is 11.9. The Kier molecular flexibility index (Phi) is 4.64. The molecule has 0 radical (unpaired) electrons. The number of nitrogens with zero attached hydrogens (tertiary/aromatic N) is 1. The van der Waals surface area contributed by atoms with Crippen molar-refractivity contribution in [1.29, 1.82) is 0 Å². The van der Waals surface area contributed by atoms with Crippen LogP contribution >= 0.6 is 12.2 Å². The van der Waals surface area contributed by atoms with Crippen LogP contribution in [0.5, 0.6) is 0 Å². The molecule has 1 unspecified atom stereocenters. The molecule has 0 aliphatic carbocycles. The zero-order chi connectivity index (χ0) is 15.5. The monoisotopic (exact) mass is 498 g/mol. The molecule has 2 aromatic carbocycles. The van der Waals surface area contributed by atoms with Gasteiger partial charge in [-0.2, -0.15) is 0 Å². The van der Waals surface area contributed by atoms with Gasteiger partial charge in [0.25, 0.3) is 0 Å². The quantitative estimate of drug-likeness (QED) is 0.399. The number of thiocarbonyl (C=S) groups is 1. The first-order chi connectivity index (χ1) is 10.7. The molecule has 1 heterocycles. The Bertz CT molecular complexity index is 721. The van der Waals surface area contributed by atoms with Gasteiger partial charge in [-0.15, -0.1) is 0 Å². The molecule has 1 fully saturated rings. The van der Waals surface area contributed by atoms with E-state index in [9.17, 15) is 9.59 Å². The fourth-order valence-corrected chi connectivity index (χ4v) is 9.22. The van der Waals surface area contributed by atoms with Crippen LogP contribution in [0.15, 0.2) is 60.7 Å². The SMILES string of the molecule is O=C1NC(=S)N(c2ccccc2)C(=O)[CH]1[Hg][c]1ccccc1. The second kappa shape index (κ2) is 6.66. The number of anilines is 1. The van der Waals surface area contributed by atoms with E-state index < -0.39 is 28.0 Å². The summed E-state index contributed by atoms with van der Waals surface area (Å²) in [6, 6.07) is 19.0. The second-order valence-corrected chi connectivity index (χ2v) is 13.4. The number of hydrogen-bond donors (Lipinski definition) is 1. The summed E-state index contributed by atoms with van der Waals surface area (Å²) in [6.45, 7) is 0. The third-order valence-electron chi connectivity index (χ3n) is 3.57. The summed E-state index contributed by atoms with van der Waals surface area (Å²) in [5.74, 6) is -0.432. The second-order valence-electron chi connectivity index (χ2n) is 5.05. The molecular weight excluding hydrogens is 485 g/mol. The van der Waals surface area contributed by atoms with E-state index in [1.165, 1.54) is 4.90 Å². The summed E-state index contributed by atoms with van der Waals surface area (Å²) >= 11 is 3.24. The van der Waals surface area contributed by atoms with E-state index in [0.29, 0.717) is 5.69 Å². The van der Waals surface area contributed by atoms with Crippen molar-refractivity contribution in [1.82, 2.24) is 5.32 Å². The van der Waals surface area contributed by atoms with Crippen molar-refractivity contribution in [3.05, 3.63) is 60.7 Å². The standard InChI is InChI=1S/C10H7N2O2S.C6H5.Hg/c13-8-6-9(14)12(10(15)11-8)7-4-2-1-3-5-7;1-2-4-6-5-3-1;/h1-6H,(H,11,13,15);1-5H;. The van der Waals surface area contributed by atoms with Gasteiger partial charge in [0.15, 0.2) is 0 Å². The van der Waals surface area contributed by atoms with Crippen LogP contribution in [-0.2, 0) is 34.2 Å². The Morgan fingerprint density at radius 1 is 0.955 bits per heavy atom. The molecule has 22 heavy (non-hydrogen) atoms. The predicted molar refractivity (Wildman–Crippen MR) is 84.5 cm³/mol. The molecule has 0 bridgehead atoms. The molecule has 1 N–H and O–H groups in total. The molecule has 0 aromatic heterocycles. The van der Waals surface area contributed by atoms with Crippen LogP contribution in [-0.4, -0.2) is 16.9 Å². The molecule has 4 nitrogen and oxygen atoms in total. The molecule has 2 amide bonds. The van der Waals surface area contributed by atoms with E-state index in [1.807, 2.05) is 60.7 Å². The number of para-hydroxylation sites is 1. The van der Waals surface area contributed by atoms with E-state index in [1.54, 1.807) is 0 Å². The molecule has 1 aliphatic rings. The van der Waals surface area contributed by atoms with Crippen LogP contribution in [0.2, 0.25) is 3.43 Å². The van der Waals surface area contributed by atoms with Crippen LogP contribution in [0.4, 0.5) is 5.69 Å². The van der Waals surface area contributed by atoms with E-state index in [-0.39, 0.29) is 16.9 Å². The van der Waals surface area contributed by atoms with Gasteiger partial charge in [-0.3, -0.25) is 0 Å². The first-order valence-corrected chi connectivity index (χ1v) is 13.3. The van der Waals surface area contributed by atoms with Crippen molar-refractivity contribution < 1.29 is 34.2 Å². The van der Waals surface area contributed by atoms with Gasteiger partial charge in [-0.05, 0) is 0 Å². The van der Waals surface area contributed by atoms with Gasteiger partial charge in [-0.25, -0.2) is 0 Å². The average molecular weight is 497 g/mol. The van der Waals surface area contributed by atoms with Crippen LogP contribution in [0.25, 0.3) is 0 Å². The zero-order valence-electron chi connectivity index (χ0n) is 11.7. The number of carbonyl (C=O) groups excluding carboxylic acids is 2. The fourth-order valence-electron chi connectivity index (χ4n) is 2.47. The van der Waals surface area contributed by atoms with E-state index in [4.69, 9.17) is 12.2 Å². The predicted octanol–water partition coefficient (Wildman–Crippen LogP) is 1.63. The van der Waals surface area contributed by atoms with Gasteiger partial charge >= 0.3 is 146 Å². The summed E-state index contributed by atoms with van der Waals surface area (Å²) in [6.07, 6.45) is 0. The fraction of sp³-hybridized carbons (Fsp3) is 0.0625. The number of rotatable bonds is 3. The molecular formula is C16H12HgN2O2S. The molecule has 106 valence electrons. The molecule has 0 saturated carbocycles. The van der Waals surface area contributed by atoms with Gasteiger partial charge in [0, 0.05) is 0 Å². The van der Waals surface area contributed by atoms with Crippen molar-refractivity contribution in [3.8, 4) is 0 Å². The molecule has 1 aliphatic heterocycles. The van der Waals surface area contributed by atoms with E-state index >= 15 is 0 Å². The summed E-state index contributed by atoms with van der Waals surface area (Å²) in [5.41, 5.74) is 0.698. The Labute approximate surface area is 145 Å². The molecule has 3 rings (SSSR count). The van der Waals surface area contributed by atoms with Gasteiger partial charge < -0.3 is 0 Å². The molecule has 1 atom stereocenters. The molecule has 1 saturated heterocycles. The van der Waals surface area contributed by atoms with Crippen LogP contribution in [0, 0.1) is 0 Å². The number of nitrogens with one attached hydrogen (secondary N) is 1. The number of benzene rings is 2. The Morgan fingerprint density at radius 2 is 1.55 bits per heavy atom.